The molecule has 0 spiro atoms. The highest BCUT2D eigenvalue weighted by Crippen LogP contribution is 2.27. The fraction of sp³-hybridized carbons (Fsp3) is 0.107. The lowest BCUT2D eigenvalue weighted by atomic mass is 10.1. The van der Waals surface area contributed by atoms with Crippen molar-refractivity contribution in [3.05, 3.63) is 113 Å². The van der Waals surface area contributed by atoms with E-state index in [9.17, 15) is 9.90 Å². The molecule has 35 heavy (non-hydrogen) atoms. The van der Waals surface area contributed by atoms with Crippen LogP contribution in [0.4, 0.5) is 0 Å². The van der Waals surface area contributed by atoms with Gasteiger partial charge in [-0.2, -0.15) is 0 Å². The van der Waals surface area contributed by atoms with E-state index in [-0.39, 0.29) is 12.2 Å². The van der Waals surface area contributed by atoms with Gasteiger partial charge in [0.25, 0.3) is 0 Å². The molecule has 3 aromatic carbocycles. The number of carbonyl (C=O) groups is 1. The van der Waals surface area contributed by atoms with Crippen molar-refractivity contribution in [3.63, 3.8) is 0 Å². The number of halogens is 1. The Balaban J connectivity index is 1.41. The number of aryl methyl sites for hydroxylation is 1. The number of hydrogen-bond donors (Lipinski definition) is 1. The van der Waals surface area contributed by atoms with Crippen LogP contribution in [0.15, 0.2) is 84.9 Å². The molecule has 2 heterocycles. The molecule has 0 saturated carbocycles. The first-order chi connectivity index (χ1) is 17.0. The fourth-order valence-corrected chi connectivity index (χ4v) is 4.26. The summed E-state index contributed by atoms with van der Waals surface area (Å²) in [6.07, 6.45) is 0. The molecule has 0 atom stereocenters. The second-order valence-corrected chi connectivity index (χ2v) is 8.52. The standard InChI is InChI=1S/C28H22ClN3O3/c1-18-30-25-14-12-22(35-17-21-9-5-6-10-23(21)28(33)34)15-26(25)32(18)16-20-11-13-24(31-27(20)29)19-7-3-2-4-8-19/h2-15H,16-17H2,1H3,(H,33,34). The van der Waals surface area contributed by atoms with Gasteiger partial charge in [0, 0.05) is 22.8 Å². The quantitative estimate of drug-likeness (QED) is 0.271. The molecule has 1 N–H and O–H groups in total. The monoisotopic (exact) mass is 483 g/mol. The van der Waals surface area contributed by atoms with E-state index in [0.717, 1.165) is 33.7 Å². The molecule has 174 valence electrons. The molecule has 0 bridgehead atoms. The summed E-state index contributed by atoms with van der Waals surface area (Å²) >= 11 is 6.57. The minimum Gasteiger partial charge on any atom is -0.489 e. The van der Waals surface area contributed by atoms with Crippen LogP contribution in [0.3, 0.4) is 0 Å². The molecule has 0 aliphatic carbocycles. The molecule has 0 aliphatic rings. The third kappa shape index (κ3) is 4.74. The topological polar surface area (TPSA) is 77.2 Å². The number of fused-ring (bicyclic) bond motifs is 1. The number of imidazole rings is 1. The van der Waals surface area contributed by atoms with Crippen molar-refractivity contribution in [1.82, 2.24) is 14.5 Å². The van der Waals surface area contributed by atoms with Crippen molar-refractivity contribution in [2.24, 2.45) is 0 Å². The average Bonchev–Trinajstić information content (AvgIpc) is 3.18. The van der Waals surface area contributed by atoms with Crippen molar-refractivity contribution < 1.29 is 14.6 Å². The molecule has 5 rings (SSSR count). The van der Waals surface area contributed by atoms with Crippen LogP contribution in [-0.4, -0.2) is 25.6 Å². The van der Waals surface area contributed by atoms with E-state index >= 15 is 0 Å². The summed E-state index contributed by atoms with van der Waals surface area (Å²) in [5.74, 6) is 0.496. The second kappa shape index (κ2) is 9.60. The average molecular weight is 484 g/mol. The summed E-state index contributed by atoms with van der Waals surface area (Å²) in [4.78, 5) is 20.7. The Kier molecular flexibility index (Phi) is 6.21. The first kappa shape index (κ1) is 22.6. The van der Waals surface area contributed by atoms with Crippen LogP contribution in [0.2, 0.25) is 5.15 Å². The smallest absolute Gasteiger partial charge is 0.336 e. The van der Waals surface area contributed by atoms with E-state index < -0.39 is 5.97 Å². The zero-order valence-electron chi connectivity index (χ0n) is 19.0. The number of aromatic carboxylic acids is 1. The van der Waals surface area contributed by atoms with Gasteiger partial charge in [0.1, 0.15) is 23.3 Å². The Morgan fingerprint density at radius 1 is 0.943 bits per heavy atom. The summed E-state index contributed by atoms with van der Waals surface area (Å²) in [5, 5.41) is 9.85. The Morgan fingerprint density at radius 2 is 1.71 bits per heavy atom. The maximum absolute atomic E-state index is 11.5. The summed E-state index contributed by atoms with van der Waals surface area (Å²) in [6, 6.07) is 26.4. The van der Waals surface area contributed by atoms with Crippen molar-refractivity contribution in [1.29, 1.82) is 0 Å². The molecule has 0 amide bonds. The summed E-state index contributed by atoms with van der Waals surface area (Å²) in [5.41, 5.74) is 5.30. The van der Waals surface area contributed by atoms with Gasteiger partial charge in [-0.1, -0.05) is 66.2 Å². The molecule has 5 aromatic rings. The summed E-state index contributed by atoms with van der Waals surface area (Å²) in [7, 11) is 0. The molecular formula is C28H22ClN3O3. The normalized spacial score (nSPS) is 11.0. The Labute approximate surface area is 207 Å². The number of rotatable bonds is 7. The van der Waals surface area contributed by atoms with Gasteiger partial charge in [0.15, 0.2) is 0 Å². The predicted octanol–water partition coefficient (Wildman–Crippen LogP) is 6.39. The number of aromatic nitrogens is 3. The molecular weight excluding hydrogens is 462 g/mol. The lowest BCUT2D eigenvalue weighted by Crippen LogP contribution is -2.06. The van der Waals surface area contributed by atoms with Crippen molar-refractivity contribution >= 4 is 28.6 Å². The lowest BCUT2D eigenvalue weighted by Gasteiger charge is -2.12. The zero-order valence-corrected chi connectivity index (χ0v) is 19.7. The van der Waals surface area contributed by atoms with Gasteiger partial charge >= 0.3 is 5.97 Å². The molecule has 2 aromatic heterocycles. The maximum atomic E-state index is 11.5. The fourth-order valence-electron chi connectivity index (χ4n) is 4.05. The Bertz CT molecular complexity index is 1530. The van der Waals surface area contributed by atoms with Gasteiger partial charge < -0.3 is 14.4 Å². The largest absolute Gasteiger partial charge is 0.489 e. The number of carboxylic acid groups (broad SMARTS) is 1. The van der Waals surface area contributed by atoms with E-state index in [2.05, 4.69) is 14.5 Å². The Morgan fingerprint density at radius 3 is 2.49 bits per heavy atom. The number of carboxylic acids is 1. The lowest BCUT2D eigenvalue weighted by molar-refractivity contribution is 0.0694. The van der Waals surface area contributed by atoms with Gasteiger partial charge in [0.2, 0.25) is 0 Å². The molecule has 0 fully saturated rings. The van der Waals surface area contributed by atoms with Gasteiger partial charge in [-0.25, -0.2) is 14.8 Å². The molecule has 6 nitrogen and oxygen atoms in total. The third-order valence-corrected chi connectivity index (χ3v) is 6.20. The minimum absolute atomic E-state index is 0.151. The number of hydrogen-bond acceptors (Lipinski definition) is 4. The first-order valence-electron chi connectivity index (χ1n) is 11.1. The zero-order chi connectivity index (χ0) is 24.4. The van der Waals surface area contributed by atoms with E-state index in [4.69, 9.17) is 16.3 Å². The SMILES string of the molecule is Cc1nc2ccc(OCc3ccccc3C(=O)O)cc2n1Cc1ccc(-c2ccccc2)nc1Cl. The second-order valence-electron chi connectivity index (χ2n) is 8.16. The van der Waals surface area contributed by atoms with Gasteiger partial charge in [-0.3, -0.25) is 0 Å². The summed E-state index contributed by atoms with van der Waals surface area (Å²) < 4.78 is 8.02. The number of pyridine rings is 1. The van der Waals surface area contributed by atoms with Crippen LogP contribution in [-0.2, 0) is 13.2 Å². The van der Waals surface area contributed by atoms with Crippen LogP contribution in [0.5, 0.6) is 5.75 Å². The van der Waals surface area contributed by atoms with Crippen LogP contribution in [0.25, 0.3) is 22.3 Å². The van der Waals surface area contributed by atoms with Crippen LogP contribution in [0, 0.1) is 6.92 Å². The van der Waals surface area contributed by atoms with Gasteiger partial charge in [-0.05, 0) is 31.2 Å². The molecule has 0 aliphatic heterocycles. The highest BCUT2D eigenvalue weighted by Gasteiger charge is 2.14. The highest BCUT2D eigenvalue weighted by molar-refractivity contribution is 6.30. The molecule has 7 heteroatoms. The van der Waals surface area contributed by atoms with Crippen LogP contribution >= 0.6 is 11.6 Å². The molecule has 0 radical (unpaired) electrons. The maximum Gasteiger partial charge on any atom is 0.336 e. The first-order valence-corrected chi connectivity index (χ1v) is 11.5. The number of nitrogens with zero attached hydrogens (tertiary/aromatic N) is 3. The van der Waals surface area contributed by atoms with E-state index in [0.29, 0.717) is 23.0 Å². The van der Waals surface area contributed by atoms with E-state index in [1.54, 1.807) is 24.3 Å². The van der Waals surface area contributed by atoms with Crippen molar-refractivity contribution in [2.45, 2.75) is 20.1 Å². The highest BCUT2D eigenvalue weighted by atomic mass is 35.5. The van der Waals surface area contributed by atoms with Gasteiger partial charge in [0.05, 0.1) is 28.8 Å². The van der Waals surface area contributed by atoms with Crippen molar-refractivity contribution in [3.8, 4) is 17.0 Å². The van der Waals surface area contributed by atoms with Crippen molar-refractivity contribution in [2.75, 3.05) is 0 Å². The van der Waals surface area contributed by atoms with E-state index in [1.165, 1.54) is 0 Å². The number of benzene rings is 3. The summed E-state index contributed by atoms with van der Waals surface area (Å²) in [6.45, 7) is 2.61. The minimum atomic E-state index is -0.975. The Hall–Kier alpha value is -4.16. The van der Waals surface area contributed by atoms with Crippen LogP contribution < -0.4 is 4.74 Å². The molecule has 0 unspecified atom stereocenters. The number of ether oxygens (including phenoxy) is 1. The molecule has 0 saturated heterocycles. The van der Waals surface area contributed by atoms with Crippen LogP contribution in [0.1, 0.15) is 27.3 Å². The predicted molar refractivity (Wildman–Crippen MR) is 136 cm³/mol. The third-order valence-electron chi connectivity index (χ3n) is 5.88. The van der Waals surface area contributed by atoms with Gasteiger partial charge in [-0.15, -0.1) is 0 Å². The van der Waals surface area contributed by atoms with E-state index in [1.807, 2.05) is 67.6 Å².